The Kier molecular flexibility index (Phi) is 5.71. The zero-order valence-electron chi connectivity index (χ0n) is 10.1. The molecule has 0 saturated heterocycles. The summed E-state index contributed by atoms with van der Waals surface area (Å²) in [5.41, 5.74) is 6.83. The molecule has 1 aromatic rings. The molecule has 0 radical (unpaired) electrons. The van der Waals surface area contributed by atoms with Crippen LogP contribution in [0.25, 0.3) is 0 Å². The molecule has 0 fully saturated rings. The standard InChI is InChI=1S/C13H21NOS/c1-10(2)5-12(8-14)7-13(15)6-11-3-4-16-9-11/h3-4,9-10,12H,5-8,14H2,1-2H3. The second kappa shape index (κ2) is 6.81. The van der Waals surface area contributed by atoms with Crippen LogP contribution in [-0.4, -0.2) is 12.3 Å². The number of thiophene rings is 1. The van der Waals surface area contributed by atoms with Gasteiger partial charge in [-0.1, -0.05) is 13.8 Å². The smallest absolute Gasteiger partial charge is 0.137 e. The molecule has 0 spiro atoms. The minimum atomic E-state index is 0.314. The van der Waals surface area contributed by atoms with Gasteiger partial charge in [0.2, 0.25) is 0 Å². The number of carbonyl (C=O) groups is 1. The molecular weight excluding hydrogens is 218 g/mol. The molecule has 3 heteroatoms. The minimum absolute atomic E-state index is 0.314. The summed E-state index contributed by atoms with van der Waals surface area (Å²) in [6, 6.07) is 2.02. The van der Waals surface area contributed by atoms with Crippen LogP contribution in [0.15, 0.2) is 16.8 Å². The predicted molar refractivity (Wildman–Crippen MR) is 69.6 cm³/mol. The first-order valence-electron chi connectivity index (χ1n) is 5.84. The van der Waals surface area contributed by atoms with Gasteiger partial charge in [0.15, 0.2) is 0 Å². The van der Waals surface area contributed by atoms with Gasteiger partial charge in [-0.2, -0.15) is 11.3 Å². The molecule has 1 unspecified atom stereocenters. The first-order chi connectivity index (χ1) is 7.61. The number of hydrogen-bond donors (Lipinski definition) is 1. The van der Waals surface area contributed by atoms with Gasteiger partial charge in [0.25, 0.3) is 0 Å². The molecule has 90 valence electrons. The van der Waals surface area contributed by atoms with Crippen LogP contribution in [0.5, 0.6) is 0 Å². The molecule has 2 N–H and O–H groups in total. The fraction of sp³-hybridized carbons (Fsp3) is 0.615. The Hall–Kier alpha value is -0.670. The Labute approximate surface area is 102 Å². The third-order valence-electron chi connectivity index (χ3n) is 2.64. The molecule has 2 nitrogen and oxygen atoms in total. The van der Waals surface area contributed by atoms with Crippen LogP contribution in [0, 0.1) is 11.8 Å². The summed E-state index contributed by atoms with van der Waals surface area (Å²) in [5, 5.41) is 4.05. The van der Waals surface area contributed by atoms with Crippen LogP contribution < -0.4 is 5.73 Å². The first-order valence-corrected chi connectivity index (χ1v) is 6.79. The van der Waals surface area contributed by atoms with Crippen LogP contribution in [0.2, 0.25) is 0 Å². The summed E-state index contributed by atoms with van der Waals surface area (Å²) in [6.45, 7) is 4.96. The van der Waals surface area contributed by atoms with Crippen molar-refractivity contribution in [2.24, 2.45) is 17.6 Å². The van der Waals surface area contributed by atoms with E-state index >= 15 is 0 Å². The van der Waals surface area contributed by atoms with Crippen LogP contribution in [-0.2, 0) is 11.2 Å². The van der Waals surface area contributed by atoms with Gasteiger partial charge in [-0.3, -0.25) is 4.79 Å². The third kappa shape index (κ3) is 4.90. The molecule has 0 amide bonds. The molecule has 1 atom stereocenters. The number of carbonyl (C=O) groups excluding carboxylic acids is 1. The average molecular weight is 239 g/mol. The Morgan fingerprint density at radius 3 is 2.75 bits per heavy atom. The van der Waals surface area contributed by atoms with Crippen molar-refractivity contribution in [2.75, 3.05) is 6.54 Å². The molecule has 16 heavy (non-hydrogen) atoms. The molecular formula is C13H21NOS. The summed E-state index contributed by atoms with van der Waals surface area (Å²) in [6.07, 6.45) is 2.24. The maximum Gasteiger partial charge on any atom is 0.137 e. The first kappa shape index (κ1) is 13.4. The SMILES string of the molecule is CC(C)CC(CN)CC(=O)Cc1ccsc1. The molecule has 0 aliphatic carbocycles. The Morgan fingerprint density at radius 2 is 2.25 bits per heavy atom. The summed E-state index contributed by atoms with van der Waals surface area (Å²) < 4.78 is 0. The van der Waals surface area contributed by atoms with E-state index < -0.39 is 0 Å². The van der Waals surface area contributed by atoms with E-state index in [-0.39, 0.29) is 0 Å². The van der Waals surface area contributed by atoms with E-state index in [0.29, 0.717) is 37.0 Å². The van der Waals surface area contributed by atoms with E-state index in [1.807, 2.05) is 16.8 Å². The van der Waals surface area contributed by atoms with Crippen molar-refractivity contribution in [3.05, 3.63) is 22.4 Å². The topological polar surface area (TPSA) is 43.1 Å². The zero-order valence-corrected chi connectivity index (χ0v) is 10.9. The third-order valence-corrected chi connectivity index (χ3v) is 3.37. The largest absolute Gasteiger partial charge is 0.330 e. The molecule has 0 aliphatic heterocycles. The van der Waals surface area contributed by atoms with Gasteiger partial charge in [0, 0.05) is 12.8 Å². The monoisotopic (exact) mass is 239 g/mol. The van der Waals surface area contributed by atoms with Crippen LogP contribution >= 0.6 is 11.3 Å². The van der Waals surface area contributed by atoms with Crippen molar-refractivity contribution in [3.63, 3.8) is 0 Å². The van der Waals surface area contributed by atoms with Crippen LogP contribution in [0.3, 0.4) is 0 Å². The molecule has 0 aliphatic rings. The van der Waals surface area contributed by atoms with E-state index in [0.717, 1.165) is 12.0 Å². The molecule has 0 aromatic carbocycles. The van der Waals surface area contributed by atoms with E-state index in [1.165, 1.54) is 0 Å². The van der Waals surface area contributed by atoms with Crippen molar-refractivity contribution >= 4 is 17.1 Å². The van der Waals surface area contributed by atoms with Gasteiger partial charge in [-0.05, 0) is 47.2 Å². The van der Waals surface area contributed by atoms with Crippen molar-refractivity contribution in [2.45, 2.75) is 33.1 Å². The van der Waals surface area contributed by atoms with E-state index in [4.69, 9.17) is 5.73 Å². The van der Waals surface area contributed by atoms with Crippen molar-refractivity contribution in [3.8, 4) is 0 Å². The molecule has 1 rings (SSSR count). The lowest BCUT2D eigenvalue weighted by atomic mass is 9.91. The second-order valence-corrected chi connectivity index (χ2v) is 5.56. The zero-order chi connectivity index (χ0) is 12.0. The Balaban J connectivity index is 2.37. The fourth-order valence-corrected chi connectivity index (χ4v) is 2.61. The van der Waals surface area contributed by atoms with Crippen molar-refractivity contribution in [1.82, 2.24) is 0 Å². The number of hydrogen-bond acceptors (Lipinski definition) is 3. The fourth-order valence-electron chi connectivity index (χ4n) is 1.94. The summed E-state index contributed by atoms with van der Waals surface area (Å²) in [4.78, 5) is 11.8. The lowest BCUT2D eigenvalue weighted by Gasteiger charge is -2.15. The normalized spacial score (nSPS) is 13.0. The maximum atomic E-state index is 11.8. The summed E-state index contributed by atoms with van der Waals surface area (Å²) >= 11 is 1.64. The minimum Gasteiger partial charge on any atom is -0.330 e. The summed E-state index contributed by atoms with van der Waals surface area (Å²) in [7, 11) is 0. The van der Waals surface area contributed by atoms with Gasteiger partial charge in [-0.25, -0.2) is 0 Å². The van der Waals surface area contributed by atoms with E-state index in [2.05, 4.69) is 13.8 Å². The van der Waals surface area contributed by atoms with Gasteiger partial charge in [0.05, 0.1) is 0 Å². The predicted octanol–water partition coefficient (Wildman–Crippen LogP) is 2.87. The lowest BCUT2D eigenvalue weighted by Crippen LogP contribution is -2.20. The summed E-state index contributed by atoms with van der Waals surface area (Å²) in [5.74, 6) is 1.28. The number of ketones is 1. The Morgan fingerprint density at radius 1 is 1.50 bits per heavy atom. The molecule has 1 aromatic heterocycles. The number of nitrogens with two attached hydrogens (primary N) is 1. The molecule has 0 bridgehead atoms. The van der Waals surface area contributed by atoms with Gasteiger partial charge >= 0.3 is 0 Å². The highest BCUT2D eigenvalue weighted by Crippen LogP contribution is 2.16. The van der Waals surface area contributed by atoms with Crippen molar-refractivity contribution in [1.29, 1.82) is 0 Å². The quantitative estimate of drug-likeness (QED) is 0.795. The maximum absolute atomic E-state index is 11.8. The second-order valence-electron chi connectivity index (χ2n) is 4.78. The molecule has 0 saturated carbocycles. The van der Waals surface area contributed by atoms with Gasteiger partial charge < -0.3 is 5.73 Å². The average Bonchev–Trinajstić information content (AvgIpc) is 2.68. The number of rotatable bonds is 7. The van der Waals surface area contributed by atoms with Crippen molar-refractivity contribution < 1.29 is 4.79 Å². The van der Waals surface area contributed by atoms with Gasteiger partial charge in [0.1, 0.15) is 5.78 Å². The van der Waals surface area contributed by atoms with E-state index in [9.17, 15) is 4.79 Å². The van der Waals surface area contributed by atoms with Gasteiger partial charge in [-0.15, -0.1) is 0 Å². The van der Waals surface area contributed by atoms with Crippen LogP contribution in [0.4, 0.5) is 0 Å². The Bertz CT molecular complexity index is 306. The van der Waals surface area contributed by atoms with Crippen LogP contribution in [0.1, 0.15) is 32.3 Å². The van der Waals surface area contributed by atoms with E-state index in [1.54, 1.807) is 11.3 Å². The highest BCUT2D eigenvalue weighted by Gasteiger charge is 2.14. The highest BCUT2D eigenvalue weighted by atomic mass is 32.1. The number of Topliss-reactive ketones (excluding diaryl/α,β-unsaturated/α-hetero) is 1. The highest BCUT2D eigenvalue weighted by molar-refractivity contribution is 7.07. The lowest BCUT2D eigenvalue weighted by molar-refractivity contribution is -0.119. The molecule has 1 heterocycles.